The van der Waals surface area contributed by atoms with Crippen molar-refractivity contribution in [1.29, 1.82) is 0 Å². The van der Waals surface area contributed by atoms with Gasteiger partial charge in [0.25, 0.3) is 0 Å². The number of aryl methyl sites for hydroxylation is 1. The Balaban J connectivity index is 1.45. The third-order valence-corrected chi connectivity index (χ3v) is 5.74. The summed E-state index contributed by atoms with van der Waals surface area (Å²) in [6.07, 6.45) is -3.95. The number of aliphatic carboxylic acids is 1. The number of benzene rings is 3. The molecule has 186 valence electrons. The lowest BCUT2D eigenvalue weighted by atomic mass is 10.1. The van der Waals surface area contributed by atoms with E-state index >= 15 is 0 Å². The number of halogens is 3. The van der Waals surface area contributed by atoms with E-state index in [4.69, 9.17) is 14.6 Å². The van der Waals surface area contributed by atoms with Crippen molar-refractivity contribution in [3.8, 4) is 22.8 Å². The van der Waals surface area contributed by atoms with Crippen molar-refractivity contribution in [3.63, 3.8) is 0 Å². The van der Waals surface area contributed by atoms with Crippen molar-refractivity contribution < 1.29 is 32.5 Å². The number of alkyl halides is 3. The standard InChI is InChI=1S/C28H24F3NO4/c1-18-19(8-12-24(32-18)21-6-10-22(11-7-21)28(29,30)31)14-16-35-25-13-9-20-4-2-3-5-23(20)27(25)36-17-15-26(33)34/h2-13H,14-17H2,1H3,(H,33,34). The summed E-state index contributed by atoms with van der Waals surface area (Å²) in [7, 11) is 0. The van der Waals surface area contributed by atoms with E-state index in [0.29, 0.717) is 35.8 Å². The normalized spacial score (nSPS) is 11.4. The van der Waals surface area contributed by atoms with Crippen LogP contribution in [0.15, 0.2) is 72.8 Å². The first kappa shape index (κ1) is 25.0. The maximum Gasteiger partial charge on any atom is 0.416 e. The summed E-state index contributed by atoms with van der Waals surface area (Å²) in [5.41, 5.74) is 2.20. The van der Waals surface area contributed by atoms with Crippen LogP contribution in [0.2, 0.25) is 0 Å². The predicted molar refractivity (Wildman–Crippen MR) is 130 cm³/mol. The Labute approximate surface area is 206 Å². The molecule has 4 rings (SSSR count). The van der Waals surface area contributed by atoms with Crippen LogP contribution in [0.25, 0.3) is 22.0 Å². The smallest absolute Gasteiger partial charge is 0.416 e. The Morgan fingerprint density at radius 2 is 1.67 bits per heavy atom. The number of pyridine rings is 1. The lowest BCUT2D eigenvalue weighted by Gasteiger charge is -2.15. The summed E-state index contributed by atoms with van der Waals surface area (Å²) in [4.78, 5) is 15.5. The van der Waals surface area contributed by atoms with Crippen LogP contribution in [-0.2, 0) is 17.4 Å². The Bertz CT molecular complexity index is 1370. The highest BCUT2D eigenvalue weighted by atomic mass is 19.4. The summed E-state index contributed by atoms with van der Waals surface area (Å²) >= 11 is 0. The van der Waals surface area contributed by atoms with E-state index in [1.165, 1.54) is 12.1 Å². The minimum absolute atomic E-state index is 0.0220. The van der Waals surface area contributed by atoms with Gasteiger partial charge < -0.3 is 14.6 Å². The number of fused-ring (bicyclic) bond motifs is 1. The molecule has 4 aromatic rings. The van der Waals surface area contributed by atoms with Gasteiger partial charge in [0.05, 0.1) is 30.9 Å². The molecule has 0 aliphatic heterocycles. The number of rotatable bonds is 9. The molecule has 0 fully saturated rings. The van der Waals surface area contributed by atoms with E-state index in [1.807, 2.05) is 43.3 Å². The molecule has 0 saturated carbocycles. The van der Waals surface area contributed by atoms with Crippen molar-refractivity contribution in [2.24, 2.45) is 0 Å². The Morgan fingerprint density at radius 1 is 0.917 bits per heavy atom. The van der Waals surface area contributed by atoms with Crippen molar-refractivity contribution in [1.82, 2.24) is 4.98 Å². The second-order valence-corrected chi connectivity index (χ2v) is 8.22. The van der Waals surface area contributed by atoms with Gasteiger partial charge in [0.1, 0.15) is 0 Å². The van der Waals surface area contributed by atoms with Gasteiger partial charge in [-0.25, -0.2) is 0 Å². The van der Waals surface area contributed by atoms with Gasteiger partial charge in [-0.05, 0) is 42.1 Å². The van der Waals surface area contributed by atoms with E-state index in [9.17, 15) is 18.0 Å². The first-order chi connectivity index (χ1) is 17.2. The number of hydrogen-bond acceptors (Lipinski definition) is 4. The molecule has 8 heteroatoms. The maximum atomic E-state index is 12.8. The number of ether oxygens (including phenoxy) is 2. The maximum absolute atomic E-state index is 12.8. The number of hydrogen-bond donors (Lipinski definition) is 1. The minimum Gasteiger partial charge on any atom is -0.489 e. The first-order valence-electron chi connectivity index (χ1n) is 11.4. The average Bonchev–Trinajstić information content (AvgIpc) is 2.85. The largest absolute Gasteiger partial charge is 0.489 e. The summed E-state index contributed by atoms with van der Waals surface area (Å²) in [5, 5.41) is 10.7. The lowest BCUT2D eigenvalue weighted by molar-refractivity contribution is -0.138. The van der Waals surface area contributed by atoms with Gasteiger partial charge in [0, 0.05) is 23.1 Å². The van der Waals surface area contributed by atoms with Crippen molar-refractivity contribution >= 4 is 16.7 Å². The second-order valence-electron chi connectivity index (χ2n) is 8.22. The molecule has 0 radical (unpaired) electrons. The van der Waals surface area contributed by atoms with Gasteiger partial charge >= 0.3 is 12.1 Å². The predicted octanol–water partition coefficient (Wildman–Crippen LogP) is 6.70. The second kappa shape index (κ2) is 10.7. The topological polar surface area (TPSA) is 68.7 Å². The summed E-state index contributed by atoms with van der Waals surface area (Å²) in [6.45, 7) is 2.20. The number of nitrogens with zero attached hydrogens (tertiary/aromatic N) is 1. The van der Waals surface area contributed by atoms with Crippen molar-refractivity contribution in [2.75, 3.05) is 13.2 Å². The van der Waals surface area contributed by atoms with Crippen LogP contribution >= 0.6 is 0 Å². The monoisotopic (exact) mass is 495 g/mol. The Kier molecular flexibility index (Phi) is 7.43. The number of carboxylic acid groups (broad SMARTS) is 1. The minimum atomic E-state index is -4.38. The zero-order valence-electron chi connectivity index (χ0n) is 19.5. The number of aromatic nitrogens is 1. The Hall–Kier alpha value is -4.07. The van der Waals surface area contributed by atoms with E-state index in [2.05, 4.69) is 4.98 Å². The van der Waals surface area contributed by atoms with Gasteiger partial charge in [-0.1, -0.05) is 48.5 Å². The molecule has 5 nitrogen and oxygen atoms in total. The highest BCUT2D eigenvalue weighted by Crippen LogP contribution is 2.36. The molecular weight excluding hydrogens is 471 g/mol. The molecule has 0 amide bonds. The highest BCUT2D eigenvalue weighted by Gasteiger charge is 2.30. The van der Waals surface area contributed by atoms with Crippen LogP contribution in [0, 0.1) is 6.92 Å². The quantitative estimate of drug-likeness (QED) is 0.280. The van der Waals surface area contributed by atoms with Crippen molar-refractivity contribution in [3.05, 3.63) is 89.6 Å². The molecule has 0 aliphatic rings. The molecule has 36 heavy (non-hydrogen) atoms. The van der Waals surface area contributed by atoms with Gasteiger partial charge in [0.2, 0.25) is 0 Å². The molecule has 1 heterocycles. The van der Waals surface area contributed by atoms with Gasteiger partial charge in [0.15, 0.2) is 11.5 Å². The molecule has 0 spiro atoms. The molecule has 0 unspecified atom stereocenters. The molecule has 0 saturated heterocycles. The van der Waals surface area contributed by atoms with Crippen molar-refractivity contribution in [2.45, 2.75) is 25.9 Å². The molecule has 3 aromatic carbocycles. The van der Waals surface area contributed by atoms with Crippen LogP contribution in [0.4, 0.5) is 13.2 Å². The SMILES string of the molecule is Cc1nc(-c2ccc(C(F)(F)F)cc2)ccc1CCOc1ccc2ccccc2c1OCCC(=O)O. The first-order valence-corrected chi connectivity index (χ1v) is 11.4. The molecule has 0 aliphatic carbocycles. The molecular formula is C28H24F3NO4. The van der Waals surface area contributed by atoms with E-state index in [0.717, 1.165) is 34.2 Å². The van der Waals surface area contributed by atoms with Crippen LogP contribution < -0.4 is 9.47 Å². The van der Waals surface area contributed by atoms with E-state index in [1.54, 1.807) is 12.1 Å². The highest BCUT2D eigenvalue weighted by molar-refractivity contribution is 5.90. The fourth-order valence-electron chi connectivity index (χ4n) is 3.84. The molecule has 1 N–H and O–H groups in total. The molecule has 1 aromatic heterocycles. The average molecular weight is 495 g/mol. The fraction of sp³-hybridized carbons (Fsp3) is 0.214. The van der Waals surface area contributed by atoms with Crippen LogP contribution in [0.5, 0.6) is 11.5 Å². The number of carboxylic acids is 1. The van der Waals surface area contributed by atoms with E-state index < -0.39 is 17.7 Å². The van der Waals surface area contributed by atoms with Gasteiger partial charge in [-0.3, -0.25) is 9.78 Å². The summed E-state index contributed by atoms with van der Waals surface area (Å²) in [6, 6.07) is 19.9. The fourth-order valence-corrected chi connectivity index (χ4v) is 3.84. The van der Waals surface area contributed by atoms with Gasteiger partial charge in [-0.15, -0.1) is 0 Å². The third kappa shape index (κ3) is 5.94. The van der Waals surface area contributed by atoms with Gasteiger partial charge in [-0.2, -0.15) is 13.2 Å². The van der Waals surface area contributed by atoms with E-state index in [-0.39, 0.29) is 13.0 Å². The van der Waals surface area contributed by atoms with Crippen LogP contribution in [0.3, 0.4) is 0 Å². The zero-order chi connectivity index (χ0) is 25.7. The van der Waals surface area contributed by atoms with Crippen LogP contribution in [0.1, 0.15) is 23.2 Å². The summed E-state index contributed by atoms with van der Waals surface area (Å²) < 4.78 is 50.3. The van der Waals surface area contributed by atoms with Crippen LogP contribution in [-0.4, -0.2) is 29.3 Å². The molecule has 0 atom stereocenters. The molecule has 0 bridgehead atoms. The Morgan fingerprint density at radius 3 is 2.36 bits per heavy atom. The number of carbonyl (C=O) groups is 1. The third-order valence-electron chi connectivity index (χ3n) is 5.74. The lowest BCUT2D eigenvalue weighted by Crippen LogP contribution is -2.08. The summed E-state index contributed by atoms with van der Waals surface area (Å²) in [5.74, 6) is 0.0772. The zero-order valence-corrected chi connectivity index (χ0v) is 19.5.